The maximum absolute atomic E-state index is 12.9. The summed E-state index contributed by atoms with van der Waals surface area (Å²) >= 11 is 0. The van der Waals surface area contributed by atoms with Crippen LogP contribution in [0.3, 0.4) is 0 Å². The maximum Gasteiger partial charge on any atom is 0.296 e. The molecule has 0 spiro atoms. The summed E-state index contributed by atoms with van der Waals surface area (Å²) in [4.78, 5) is 35.3. The number of nitrogens with zero attached hydrogens (tertiary/aromatic N) is 14. The van der Waals surface area contributed by atoms with Crippen molar-refractivity contribution in [2.45, 2.75) is 90.9 Å². The molecule has 12 N–H and O–H groups in total. The van der Waals surface area contributed by atoms with Crippen molar-refractivity contribution >= 4 is 112 Å². The first-order valence-electron chi connectivity index (χ1n) is 33.0. The largest absolute Gasteiger partial charge is 0.506 e. The van der Waals surface area contributed by atoms with E-state index in [0.717, 1.165) is 116 Å². The number of aromatic hydroxyl groups is 4. The molecular formula is C66H90N20O10S2. The third-order valence-electron chi connectivity index (χ3n) is 16.6. The van der Waals surface area contributed by atoms with Crippen molar-refractivity contribution < 1.29 is 46.4 Å². The van der Waals surface area contributed by atoms with Gasteiger partial charge in [-0.3, -0.25) is 9.11 Å². The lowest BCUT2D eigenvalue weighted by atomic mass is 10.0. The number of fused-ring (bicyclic) bond motifs is 2. The lowest BCUT2D eigenvalue weighted by Crippen LogP contribution is -2.26. The van der Waals surface area contributed by atoms with Crippen LogP contribution < -0.4 is 31.9 Å². The molecule has 526 valence electrons. The number of rotatable bonds is 39. The van der Waals surface area contributed by atoms with E-state index in [1.54, 1.807) is 12.1 Å². The number of phenolic OH excluding ortho intramolecular Hbond substituents is 4. The highest BCUT2D eigenvalue weighted by molar-refractivity contribution is 7.86. The Morgan fingerprint density at radius 2 is 0.673 bits per heavy atom. The van der Waals surface area contributed by atoms with Gasteiger partial charge in [0.05, 0.1) is 0 Å². The molecule has 0 radical (unpaired) electrons. The highest BCUT2D eigenvalue weighted by atomic mass is 32.2. The molecule has 0 fully saturated rings. The third kappa shape index (κ3) is 20.4. The van der Waals surface area contributed by atoms with E-state index in [1.165, 1.54) is 60.7 Å². The molecule has 0 bridgehead atoms. The molecule has 8 rings (SSSR count). The summed E-state index contributed by atoms with van der Waals surface area (Å²) in [7, 11) is -10.1. The highest BCUT2D eigenvalue weighted by Gasteiger charge is 2.25. The van der Waals surface area contributed by atoms with E-state index in [-0.39, 0.29) is 44.8 Å². The van der Waals surface area contributed by atoms with Crippen LogP contribution in [0.15, 0.2) is 115 Å². The molecule has 2 aromatic heterocycles. The molecule has 0 aliphatic carbocycles. The Bertz CT molecular complexity index is 3960. The van der Waals surface area contributed by atoms with Gasteiger partial charge in [0.1, 0.15) is 44.0 Å². The van der Waals surface area contributed by atoms with E-state index in [4.69, 9.17) is 0 Å². The first kappa shape index (κ1) is 74.5. The predicted octanol–water partition coefficient (Wildman–Crippen LogP) is 12.2. The molecule has 0 saturated carbocycles. The van der Waals surface area contributed by atoms with Crippen LogP contribution in [0.5, 0.6) is 23.0 Å². The summed E-state index contributed by atoms with van der Waals surface area (Å²) in [5, 5.41) is 81.8. The van der Waals surface area contributed by atoms with Crippen molar-refractivity contribution in [3.63, 3.8) is 0 Å². The zero-order chi connectivity index (χ0) is 70.5. The minimum absolute atomic E-state index is 0.146. The summed E-state index contributed by atoms with van der Waals surface area (Å²) in [6.07, 6.45) is 3.41. The minimum Gasteiger partial charge on any atom is -0.506 e. The second-order valence-electron chi connectivity index (χ2n) is 22.9. The second-order valence-corrected chi connectivity index (χ2v) is 25.6. The van der Waals surface area contributed by atoms with Crippen molar-refractivity contribution in [2.75, 3.05) is 137 Å². The van der Waals surface area contributed by atoms with E-state index >= 15 is 0 Å². The fraction of sp³-hybridized carbons (Fsp3) is 0.424. The van der Waals surface area contributed by atoms with Gasteiger partial charge in [-0.2, -0.15) is 46.7 Å². The lowest BCUT2D eigenvalue weighted by molar-refractivity contribution is 0.303. The molecule has 0 aliphatic rings. The van der Waals surface area contributed by atoms with Crippen LogP contribution in [0.4, 0.5) is 69.8 Å². The number of benzene rings is 6. The van der Waals surface area contributed by atoms with Crippen LogP contribution in [-0.4, -0.2) is 201 Å². The van der Waals surface area contributed by atoms with Gasteiger partial charge in [-0.05, 0) is 199 Å². The minimum atomic E-state index is -5.05. The molecule has 0 unspecified atom stereocenters. The molecule has 0 saturated heterocycles. The van der Waals surface area contributed by atoms with Gasteiger partial charge in [-0.15, -0.1) is 20.5 Å². The molecule has 0 amide bonds. The van der Waals surface area contributed by atoms with Crippen molar-refractivity contribution in [1.82, 2.24) is 49.5 Å². The van der Waals surface area contributed by atoms with Crippen LogP contribution >= 0.6 is 0 Å². The quantitative estimate of drug-likeness (QED) is 0.00967. The first-order chi connectivity index (χ1) is 47.1. The normalized spacial score (nSPS) is 12.2. The average molecular weight is 1390 g/mol. The first-order valence-corrected chi connectivity index (χ1v) is 35.9. The fourth-order valence-corrected chi connectivity index (χ4v) is 12.2. The molecular weight excluding hydrogens is 1300 g/mol. The average Bonchev–Trinajstić information content (AvgIpc) is 0.773. The number of aromatic nitrogens is 6. The van der Waals surface area contributed by atoms with Gasteiger partial charge >= 0.3 is 0 Å². The molecule has 98 heavy (non-hydrogen) atoms. The van der Waals surface area contributed by atoms with Crippen molar-refractivity contribution in [3.8, 4) is 34.1 Å². The zero-order valence-corrected chi connectivity index (χ0v) is 58.3. The molecule has 32 heteroatoms. The van der Waals surface area contributed by atoms with Crippen molar-refractivity contribution in [1.29, 1.82) is 0 Å². The Hall–Kier alpha value is -9.28. The molecule has 2 heterocycles. The third-order valence-corrected chi connectivity index (χ3v) is 18.3. The Kier molecular flexibility index (Phi) is 26.8. The Morgan fingerprint density at radius 3 is 0.949 bits per heavy atom. The monoisotopic (exact) mass is 1390 g/mol. The SMILES string of the molecule is CCN(CC)CCCNc1nc(NCCCN(CC)CC)nc(Nc2ccc3c(O)c(N=Nc4ccc(-c5ccc(N=Nc6c(S(=O)(=O)O)cc7cc(Nc8nc(NCCCN(CC)CC)nc(NCCCN(CC)CC)n8)ccc7c6O)c(O)c5)cc4O)c(S(=O)(=O)O)cc3c2)n1. The summed E-state index contributed by atoms with van der Waals surface area (Å²) in [5.41, 5.74) is -0.0596. The molecule has 0 atom stereocenters. The van der Waals surface area contributed by atoms with E-state index in [9.17, 15) is 46.4 Å². The van der Waals surface area contributed by atoms with Crippen LogP contribution in [0.1, 0.15) is 81.1 Å². The van der Waals surface area contributed by atoms with E-state index < -0.39 is 64.4 Å². The van der Waals surface area contributed by atoms with Gasteiger partial charge in [0.2, 0.25) is 35.7 Å². The summed E-state index contributed by atoms with van der Waals surface area (Å²) in [6.45, 7) is 30.5. The van der Waals surface area contributed by atoms with Gasteiger partial charge in [0.25, 0.3) is 20.2 Å². The Morgan fingerprint density at radius 1 is 0.378 bits per heavy atom. The van der Waals surface area contributed by atoms with Crippen LogP contribution in [-0.2, 0) is 20.2 Å². The molecule has 6 aromatic carbocycles. The Labute approximate surface area is 571 Å². The van der Waals surface area contributed by atoms with Crippen molar-refractivity contribution in [3.05, 3.63) is 84.9 Å². The van der Waals surface area contributed by atoms with Crippen molar-refractivity contribution in [2.24, 2.45) is 20.5 Å². The number of anilines is 8. The van der Waals surface area contributed by atoms with Gasteiger partial charge in [0, 0.05) is 48.3 Å². The fourth-order valence-electron chi connectivity index (χ4n) is 10.8. The number of nitrogens with one attached hydrogen (secondary N) is 6. The summed E-state index contributed by atoms with van der Waals surface area (Å²) < 4.78 is 72.6. The van der Waals surface area contributed by atoms with E-state index in [0.29, 0.717) is 72.5 Å². The summed E-state index contributed by atoms with van der Waals surface area (Å²) in [6, 6.07) is 19.8. The molecule has 8 aromatic rings. The predicted molar refractivity (Wildman–Crippen MR) is 384 cm³/mol. The second kappa shape index (κ2) is 35.3. The maximum atomic E-state index is 12.9. The standard InChI is InChI=1S/C66H90N20O10S2/c1-9-83(10-2)33-17-29-67-61-73-62(68-30-18-34-84(11-3)12-4)76-65(75-61)71-47-23-25-49-45(37-47)41-55(97(91,92)93)57(59(49)89)81-79-51-27-21-43(39-53(51)87)44-22-28-52(54(88)40-44)80-82-58-56(98(94,95)96)42-46-38-48(24-26-50(46)60(58)90)72-66-77-63(69-31-19-35-85(13-5)14-6)74-64(78-66)70-32-20-36-86(15-7)16-8/h21-28,37-42,87-90H,9-20,29-36H2,1-8H3,(H,91,92,93)(H,94,95,96)(H3,67,68,71,73,75,76)(H3,69,70,72,74,77,78). The molecule has 0 aliphatic heterocycles. The number of azo groups is 2. The lowest BCUT2D eigenvalue weighted by Gasteiger charge is -2.18. The van der Waals surface area contributed by atoms with Gasteiger partial charge < -0.3 is 71.9 Å². The highest BCUT2D eigenvalue weighted by Crippen LogP contribution is 2.46. The van der Waals surface area contributed by atoms with Gasteiger partial charge in [-0.1, -0.05) is 67.5 Å². The Balaban J connectivity index is 0.980. The topological polar surface area (TPSA) is 402 Å². The van der Waals surface area contributed by atoms with E-state index in [1.807, 2.05) is 0 Å². The van der Waals surface area contributed by atoms with Gasteiger partial charge in [0.15, 0.2) is 11.5 Å². The van der Waals surface area contributed by atoms with Gasteiger partial charge in [-0.25, -0.2) is 0 Å². The smallest absolute Gasteiger partial charge is 0.296 e. The van der Waals surface area contributed by atoms with Crippen LogP contribution in [0, 0.1) is 0 Å². The molecule has 30 nitrogen and oxygen atoms in total. The zero-order valence-electron chi connectivity index (χ0n) is 56.6. The van der Waals surface area contributed by atoms with Crippen LogP contribution in [0.25, 0.3) is 32.7 Å². The number of hydrogen-bond donors (Lipinski definition) is 12. The van der Waals surface area contributed by atoms with Crippen LogP contribution in [0.2, 0.25) is 0 Å². The number of hydrogen-bond acceptors (Lipinski definition) is 28. The number of phenols is 4. The van der Waals surface area contributed by atoms with E-state index in [2.05, 4.69) is 157 Å². The summed E-state index contributed by atoms with van der Waals surface area (Å²) in [5.74, 6) is -0.437.